The number of alkyl carbamates (subject to hydrolysis) is 1. The van der Waals surface area contributed by atoms with E-state index in [-0.39, 0.29) is 44.3 Å². The SMILES string of the molecule is CC(C)(C)OC(=O)Nc1ccc(CC(NC(=O)OCCOCCOCCOCCN=[N+]=[N-])P(=O)(Oc2ccccc2)Oc2ccccc2)cc1. The van der Waals surface area contributed by atoms with E-state index in [0.717, 1.165) is 0 Å². The number of carbonyl (C=O) groups is 2. The first-order valence-electron chi connectivity index (χ1n) is 15.9. The van der Waals surface area contributed by atoms with Crippen LogP contribution in [0.5, 0.6) is 11.5 Å². The highest BCUT2D eigenvalue weighted by atomic mass is 31.2. The molecule has 1 atom stereocenters. The molecular weight excluding hydrogens is 669 g/mol. The van der Waals surface area contributed by atoms with E-state index in [4.69, 9.17) is 38.3 Å². The average Bonchev–Trinajstić information content (AvgIpc) is 3.07. The number of nitrogens with one attached hydrogen (secondary N) is 2. The summed E-state index contributed by atoms with van der Waals surface area (Å²) in [5, 5.41) is 8.72. The van der Waals surface area contributed by atoms with Crippen molar-refractivity contribution in [2.75, 3.05) is 58.1 Å². The molecule has 2 amide bonds. The van der Waals surface area contributed by atoms with E-state index in [0.29, 0.717) is 37.7 Å². The van der Waals surface area contributed by atoms with Crippen LogP contribution >= 0.6 is 7.60 Å². The largest absolute Gasteiger partial charge is 0.453 e. The first-order chi connectivity index (χ1) is 24.1. The highest BCUT2D eigenvalue weighted by Gasteiger charge is 2.41. The van der Waals surface area contributed by atoms with E-state index in [1.165, 1.54) is 0 Å². The van der Waals surface area contributed by atoms with Crippen LogP contribution in [-0.4, -0.2) is 76.4 Å². The normalized spacial score (nSPS) is 11.8. The Hall–Kier alpha value is -4.78. The third kappa shape index (κ3) is 16.1. The van der Waals surface area contributed by atoms with Crippen LogP contribution in [0.1, 0.15) is 26.3 Å². The lowest BCUT2D eigenvalue weighted by atomic mass is 10.1. The van der Waals surface area contributed by atoms with Crippen molar-refractivity contribution in [2.45, 2.75) is 38.6 Å². The molecule has 0 saturated heterocycles. The fraction of sp³-hybridized carbons (Fsp3) is 0.412. The Labute approximate surface area is 291 Å². The number of anilines is 1. The molecule has 3 aromatic rings. The van der Waals surface area contributed by atoms with Crippen molar-refractivity contribution in [2.24, 2.45) is 5.11 Å². The molecule has 0 aliphatic heterocycles. The Bertz CT molecular complexity index is 1490. The van der Waals surface area contributed by atoms with Gasteiger partial charge in [0.2, 0.25) is 0 Å². The van der Waals surface area contributed by atoms with Crippen LogP contribution in [0.4, 0.5) is 15.3 Å². The minimum absolute atomic E-state index is 0.0157. The Morgan fingerprint density at radius 3 is 1.80 bits per heavy atom. The number of benzene rings is 3. The maximum Gasteiger partial charge on any atom is 0.453 e. The summed E-state index contributed by atoms with van der Waals surface area (Å²) >= 11 is 0. The summed E-state index contributed by atoms with van der Waals surface area (Å²) in [5.74, 6) is -0.651. The van der Waals surface area contributed by atoms with E-state index >= 15 is 0 Å². The van der Waals surface area contributed by atoms with Crippen LogP contribution in [0.2, 0.25) is 0 Å². The Morgan fingerprint density at radius 1 is 0.760 bits per heavy atom. The highest BCUT2D eigenvalue weighted by Crippen LogP contribution is 2.53. The second-order valence-electron chi connectivity index (χ2n) is 11.5. The number of hydrogen-bond donors (Lipinski definition) is 2. The molecule has 50 heavy (non-hydrogen) atoms. The van der Waals surface area contributed by atoms with E-state index in [2.05, 4.69) is 20.7 Å². The molecule has 0 heterocycles. The average molecular weight is 714 g/mol. The molecule has 0 aliphatic carbocycles. The van der Waals surface area contributed by atoms with Gasteiger partial charge in [-0.15, -0.1) is 0 Å². The van der Waals surface area contributed by atoms with Crippen LogP contribution in [-0.2, 0) is 34.7 Å². The Balaban J connectivity index is 1.65. The molecule has 1 unspecified atom stereocenters. The number of hydrogen-bond acceptors (Lipinski definition) is 11. The lowest BCUT2D eigenvalue weighted by Crippen LogP contribution is -2.39. The number of nitrogens with zero attached hydrogens (tertiary/aromatic N) is 3. The minimum Gasteiger partial charge on any atom is -0.447 e. The molecule has 3 aromatic carbocycles. The molecule has 3 rings (SSSR count). The smallest absolute Gasteiger partial charge is 0.447 e. The summed E-state index contributed by atoms with van der Waals surface area (Å²) in [6.07, 6.45) is -1.45. The molecule has 0 aromatic heterocycles. The van der Waals surface area contributed by atoms with Crippen molar-refractivity contribution in [3.63, 3.8) is 0 Å². The number of para-hydroxylation sites is 2. The zero-order valence-corrected chi connectivity index (χ0v) is 29.3. The lowest BCUT2D eigenvalue weighted by Gasteiger charge is -2.28. The minimum atomic E-state index is -4.20. The van der Waals surface area contributed by atoms with E-state index < -0.39 is 31.2 Å². The third-order valence-electron chi connectivity index (χ3n) is 6.25. The first kappa shape index (κ1) is 39.7. The molecule has 270 valence electrons. The fourth-order valence-electron chi connectivity index (χ4n) is 4.08. The predicted octanol–water partition coefficient (Wildman–Crippen LogP) is 7.34. The highest BCUT2D eigenvalue weighted by molar-refractivity contribution is 7.55. The third-order valence-corrected chi connectivity index (χ3v) is 8.26. The quantitative estimate of drug-likeness (QED) is 0.0372. The van der Waals surface area contributed by atoms with Crippen molar-refractivity contribution < 1.29 is 46.9 Å². The summed E-state index contributed by atoms with van der Waals surface area (Å²) in [6, 6.07) is 23.8. The fourth-order valence-corrected chi connectivity index (χ4v) is 5.90. The molecule has 0 aliphatic rings. The van der Waals surface area contributed by atoms with E-state index in [9.17, 15) is 14.2 Å². The standard InChI is InChI=1S/C34H44N5O10P/c1-34(2,3)47-33(41)37-28-16-14-27(15-17-28)26-31(38-32(40)46-25-24-45-23-22-44-21-20-43-19-18-36-39-35)50(42,48-29-10-6-4-7-11-29)49-30-12-8-5-9-13-30/h4-17,31H,18-26H2,1-3H3,(H,37,41)(H,38,40). The zero-order valence-electron chi connectivity index (χ0n) is 28.4. The van der Waals surface area contributed by atoms with Crippen LogP contribution in [0.3, 0.4) is 0 Å². The monoisotopic (exact) mass is 713 g/mol. The molecular formula is C34H44N5O10P. The van der Waals surface area contributed by atoms with Gasteiger partial charge in [0.25, 0.3) is 0 Å². The molecule has 0 bridgehead atoms. The van der Waals surface area contributed by atoms with Crippen molar-refractivity contribution in [3.8, 4) is 11.5 Å². The molecule has 0 radical (unpaired) electrons. The maximum atomic E-state index is 14.7. The molecule has 0 saturated carbocycles. The van der Waals surface area contributed by atoms with Gasteiger partial charge in [0.15, 0.2) is 5.78 Å². The van der Waals surface area contributed by atoms with Gasteiger partial charge in [0.05, 0.1) is 39.6 Å². The van der Waals surface area contributed by atoms with Crippen LogP contribution in [0.25, 0.3) is 10.4 Å². The van der Waals surface area contributed by atoms with Gasteiger partial charge in [-0.25, -0.2) is 14.2 Å². The number of rotatable bonds is 21. The van der Waals surface area contributed by atoms with E-state index in [1.807, 2.05) is 0 Å². The molecule has 0 fully saturated rings. The van der Waals surface area contributed by atoms with Gasteiger partial charge in [-0.1, -0.05) is 53.6 Å². The lowest BCUT2D eigenvalue weighted by molar-refractivity contribution is 0.00669. The number of ether oxygens (including phenoxy) is 5. The molecule has 15 nitrogen and oxygen atoms in total. The Morgan fingerprint density at radius 2 is 1.28 bits per heavy atom. The van der Waals surface area contributed by atoms with Gasteiger partial charge >= 0.3 is 19.8 Å². The van der Waals surface area contributed by atoms with Crippen molar-refractivity contribution in [1.29, 1.82) is 0 Å². The van der Waals surface area contributed by atoms with Gasteiger partial charge in [-0.3, -0.25) is 5.32 Å². The second kappa shape index (κ2) is 21.3. The second-order valence-corrected chi connectivity index (χ2v) is 13.5. The summed E-state index contributed by atoms with van der Waals surface area (Å²) in [7, 11) is -4.20. The number of carbonyl (C=O) groups excluding carboxylic acids is 2. The maximum absolute atomic E-state index is 14.7. The predicted molar refractivity (Wildman–Crippen MR) is 186 cm³/mol. The zero-order chi connectivity index (χ0) is 36.1. The topological polar surface area (TPSA) is 189 Å². The number of amides is 2. The summed E-state index contributed by atoms with van der Waals surface area (Å²) in [5.41, 5.74) is 8.71. The molecule has 2 N–H and O–H groups in total. The van der Waals surface area contributed by atoms with Gasteiger partial charge in [-0.05, 0) is 68.3 Å². The first-order valence-corrected chi connectivity index (χ1v) is 17.5. The van der Waals surface area contributed by atoms with Crippen molar-refractivity contribution in [3.05, 3.63) is 101 Å². The summed E-state index contributed by atoms with van der Waals surface area (Å²) in [6.45, 7) is 7.14. The van der Waals surface area contributed by atoms with Gasteiger partial charge in [0.1, 0.15) is 23.7 Å². The van der Waals surface area contributed by atoms with Gasteiger partial charge in [0, 0.05) is 23.6 Å². The van der Waals surface area contributed by atoms with E-state index in [1.54, 1.807) is 106 Å². The van der Waals surface area contributed by atoms with Crippen LogP contribution < -0.4 is 19.7 Å². The van der Waals surface area contributed by atoms with Crippen LogP contribution in [0, 0.1) is 0 Å². The molecule has 0 spiro atoms. The van der Waals surface area contributed by atoms with Crippen molar-refractivity contribution in [1.82, 2.24) is 5.32 Å². The summed E-state index contributed by atoms with van der Waals surface area (Å²) < 4.78 is 53.5. The Kier molecular flexibility index (Phi) is 16.9. The summed E-state index contributed by atoms with van der Waals surface area (Å²) in [4.78, 5) is 27.9. The van der Waals surface area contributed by atoms with Crippen molar-refractivity contribution >= 4 is 25.5 Å². The van der Waals surface area contributed by atoms with Gasteiger partial charge < -0.3 is 38.0 Å². The molecule has 16 heteroatoms. The van der Waals surface area contributed by atoms with Gasteiger partial charge in [-0.2, -0.15) is 0 Å². The van der Waals surface area contributed by atoms with Crippen LogP contribution in [0.15, 0.2) is 90.0 Å². The number of azide groups is 1.